The normalized spacial score (nSPS) is 17.0. The molecule has 0 atom stereocenters. The Morgan fingerprint density at radius 2 is 1.92 bits per heavy atom. The Morgan fingerprint density at radius 1 is 1.12 bits per heavy atom. The number of hydrogen-bond acceptors (Lipinski definition) is 6. The fraction of sp³-hybridized carbons (Fsp3) is 0.526. The third-order valence-corrected chi connectivity index (χ3v) is 4.94. The Morgan fingerprint density at radius 3 is 2.64 bits per heavy atom. The summed E-state index contributed by atoms with van der Waals surface area (Å²) in [7, 11) is 0. The predicted molar refractivity (Wildman–Crippen MR) is 99.5 cm³/mol. The molecule has 3 N–H and O–H groups in total. The van der Waals surface area contributed by atoms with E-state index in [0.29, 0.717) is 12.0 Å². The van der Waals surface area contributed by atoms with Crippen molar-refractivity contribution < 1.29 is 0 Å². The van der Waals surface area contributed by atoms with Gasteiger partial charge < -0.3 is 11.1 Å². The van der Waals surface area contributed by atoms with Crippen molar-refractivity contribution in [3.63, 3.8) is 0 Å². The molecule has 4 rings (SSSR count). The van der Waals surface area contributed by atoms with Gasteiger partial charge in [-0.1, -0.05) is 25.1 Å². The first-order valence-electron chi connectivity index (χ1n) is 9.30. The van der Waals surface area contributed by atoms with Gasteiger partial charge in [-0.3, -0.25) is 4.90 Å². The van der Waals surface area contributed by atoms with Crippen molar-refractivity contribution in [2.75, 3.05) is 17.6 Å². The van der Waals surface area contributed by atoms with E-state index in [0.717, 1.165) is 36.9 Å². The molecule has 25 heavy (non-hydrogen) atoms. The number of anilines is 3. The van der Waals surface area contributed by atoms with E-state index in [1.165, 1.54) is 31.2 Å². The second-order valence-corrected chi connectivity index (χ2v) is 7.17. The van der Waals surface area contributed by atoms with Gasteiger partial charge in [-0.05, 0) is 49.7 Å². The maximum Gasteiger partial charge on any atom is 0.232 e. The number of aromatic nitrogens is 3. The number of nitrogens with two attached hydrogens (primary N) is 1. The maximum atomic E-state index is 5.94. The number of para-hydroxylation sites is 1. The lowest BCUT2D eigenvalue weighted by atomic mass is 10.1. The first-order valence-corrected chi connectivity index (χ1v) is 9.30. The molecular weight excluding hydrogens is 312 g/mol. The number of hydrogen-bond donors (Lipinski definition) is 2. The smallest absolute Gasteiger partial charge is 0.232 e. The van der Waals surface area contributed by atoms with E-state index in [4.69, 9.17) is 5.73 Å². The molecule has 1 aromatic carbocycles. The fourth-order valence-corrected chi connectivity index (χ4v) is 3.23. The molecule has 6 heteroatoms. The summed E-state index contributed by atoms with van der Waals surface area (Å²) < 4.78 is 0. The van der Waals surface area contributed by atoms with E-state index >= 15 is 0 Å². The average molecular weight is 338 g/mol. The second-order valence-electron chi connectivity index (χ2n) is 7.17. The van der Waals surface area contributed by atoms with Crippen LogP contribution < -0.4 is 11.1 Å². The molecular formula is C19H26N6. The summed E-state index contributed by atoms with van der Waals surface area (Å²) in [4.78, 5) is 15.8. The molecule has 0 spiro atoms. The standard InChI is InChI=1S/C19H26N6/c1-2-14-5-3-4-6-16(14)21-19-23-17(22-18(20)24-19)12-25(15-9-10-15)11-13-7-8-13/h3-6,13,15H,2,7-12H2,1H3,(H3,20,21,22,23,24). The van der Waals surface area contributed by atoms with Crippen molar-refractivity contribution in [2.45, 2.75) is 51.6 Å². The van der Waals surface area contributed by atoms with Gasteiger partial charge in [0.1, 0.15) is 5.82 Å². The predicted octanol–water partition coefficient (Wildman–Crippen LogP) is 3.13. The van der Waals surface area contributed by atoms with E-state index in [2.05, 4.69) is 38.2 Å². The van der Waals surface area contributed by atoms with Crippen LogP contribution in [-0.2, 0) is 13.0 Å². The minimum Gasteiger partial charge on any atom is -0.368 e. The van der Waals surface area contributed by atoms with Gasteiger partial charge in [0.15, 0.2) is 0 Å². The summed E-state index contributed by atoms with van der Waals surface area (Å²) in [5, 5.41) is 3.32. The average Bonchev–Trinajstić information content (AvgIpc) is 3.47. The van der Waals surface area contributed by atoms with Gasteiger partial charge in [-0.2, -0.15) is 15.0 Å². The zero-order chi connectivity index (χ0) is 17.2. The summed E-state index contributed by atoms with van der Waals surface area (Å²) >= 11 is 0. The van der Waals surface area contributed by atoms with Crippen LogP contribution in [-0.4, -0.2) is 32.4 Å². The first-order chi connectivity index (χ1) is 12.2. The molecule has 6 nitrogen and oxygen atoms in total. The van der Waals surface area contributed by atoms with E-state index in [-0.39, 0.29) is 5.95 Å². The van der Waals surface area contributed by atoms with E-state index < -0.39 is 0 Å². The van der Waals surface area contributed by atoms with Crippen molar-refractivity contribution in [3.05, 3.63) is 35.7 Å². The highest BCUT2D eigenvalue weighted by molar-refractivity contribution is 5.58. The minimum atomic E-state index is 0.281. The maximum absolute atomic E-state index is 5.94. The summed E-state index contributed by atoms with van der Waals surface area (Å²) in [6.07, 6.45) is 6.27. The Labute approximate surface area is 148 Å². The number of rotatable bonds is 8. The number of nitrogen functional groups attached to an aromatic ring is 1. The topological polar surface area (TPSA) is 80.0 Å². The van der Waals surface area contributed by atoms with Crippen LogP contribution in [0.3, 0.4) is 0 Å². The van der Waals surface area contributed by atoms with Crippen LogP contribution in [0.4, 0.5) is 17.6 Å². The van der Waals surface area contributed by atoms with Gasteiger partial charge >= 0.3 is 0 Å². The van der Waals surface area contributed by atoms with Crippen molar-refractivity contribution in [2.24, 2.45) is 5.92 Å². The number of nitrogens with one attached hydrogen (secondary N) is 1. The zero-order valence-electron chi connectivity index (χ0n) is 14.8. The van der Waals surface area contributed by atoms with Crippen LogP contribution in [0, 0.1) is 5.92 Å². The van der Waals surface area contributed by atoms with E-state index in [1.54, 1.807) is 0 Å². The molecule has 2 saturated carbocycles. The van der Waals surface area contributed by atoms with Crippen LogP contribution in [0.25, 0.3) is 0 Å². The molecule has 132 valence electrons. The molecule has 2 aliphatic carbocycles. The summed E-state index contributed by atoms with van der Waals surface area (Å²) in [5.74, 6) is 2.44. The SMILES string of the molecule is CCc1ccccc1Nc1nc(N)nc(CN(CC2CC2)C2CC2)n1. The van der Waals surface area contributed by atoms with Gasteiger partial charge in [0, 0.05) is 18.3 Å². The Hall–Kier alpha value is -2.21. The molecule has 1 aromatic heterocycles. The molecule has 2 fully saturated rings. The largest absolute Gasteiger partial charge is 0.368 e. The molecule has 0 amide bonds. The molecule has 0 saturated heterocycles. The van der Waals surface area contributed by atoms with Gasteiger partial charge in [-0.25, -0.2) is 0 Å². The summed E-state index contributed by atoms with van der Waals surface area (Å²) in [6.45, 7) is 4.06. The molecule has 0 bridgehead atoms. The third kappa shape index (κ3) is 4.25. The summed E-state index contributed by atoms with van der Waals surface area (Å²) in [5.41, 5.74) is 8.20. The lowest BCUT2D eigenvalue weighted by Gasteiger charge is -2.21. The molecule has 1 heterocycles. The molecule has 0 unspecified atom stereocenters. The van der Waals surface area contributed by atoms with Gasteiger partial charge in [-0.15, -0.1) is 0 Å². The fourth-order valence-electron chi connectivity index (χ4n) is 3.23. The number of aryl methyl sites for hydroxylation is 1. The van der Waals surface area contributed by atoms with Crippen molar-refractivity contribution in [1.82, 2.24) is 19.9 Å². The molecule has 0 radical (unpaired) electrons. The zero-order valence-corrected chi connectivity index (χ0v) is 14.8. The van der Waals surface area contributed by atoms with Gasteiger partial charge in [0.2, 0.25) is 11.9 Å². The molecule has 2 aliphatic rings. The Bertz CT molecular complexity index is 738. The minimum absolute atomic E-state index is 0.281. The Balaban J connectivity index is 1.51. The van der Waals surface area contributed by atoms with Gasteiger partial charge in [0.25, 0.3) is 0 Å². The van der Waals surface area contributed by atoms with E-state index in [9.17, 15) is 0 Å². The lowest BCUT2D eigenvalue weighted by Crippen LogP contribution is -2.29. The van der Waals surface area contributed by atoms with E-state index in [1.807, 2.05) is 18.2 Å². The molecule has 2 aromatic rings. The lowest BCUT2D eigenvalue weighted by molar-refractivity contribution is 0.238. The van der Waals surface area contributed by atoms with Crippen molar-refractivity contribution in [1.29, 1.82) is 0 Å². The van der Waals surface area contributed by atoms with Crippen LogP contribution >= 0.6 is 0 Å². The molecule has 0 aliphatic heterocycles. The third-order valence-electron chi connectivity index (χ3n) is 4.94. The van der Waals surface area contributed by atoms with Crippen LogP contribution in [0.15, 0.2) is 24.3 Å². The monoisotopic (exact) mass is 338 g/mol. The highest BCUT2D eigenvalue weighted by atomic mass is 15.2. The van der Waals surface area contributed by atoms with Gasteiger partial charge in [0.05, 0.1) is 6.54 Å². The first kappa shape index (κ1) is 16.3. The number of benzene rings is 1. The summed E-state index contributed by atoms with van der Waals surface area (Å²) in [6, 6.07) is 8.91. The second kappa shape index (κ2) is 6.96. The van der Waals surface area contributed by atoms with Crippen LogP contribution in [0.5, 0.6) is 0 Å². The Kier molecular flexibility index (Phi) is 4.53. The van der Waals surface area contributed by atoms with Crippen LogP contribution in [0.1, 0.15) is 44.0 Å². The van der Waals surface area contributed by atoms with Crippen molar-refractivity contribution >= 4 is 17.6 Å². The number of nitrogens with zero attached hydrogens (tertiary/aromatic N) is 4. The highest BCUT2D eigenvalue weighted by Gasteiger charge is 2.34. The highest BCUT2D eigenvalue weighted by Crippen LogP contribution is 2.35. The van der Waals surface area contributed by atoms with Crippen LogP contribution in [0.2, 0.25) is 0 Å². The van der Waals surface area contributed by atoms with Crippen molar-refractivity contribution in [3.8, 4) is 0 Å². The quantitative estimate of drug-likeness (QED) is 0.770.